The van der Waals surface area contributed by atoms with Gasteiger partial charge in [0.15, 0.2) is 6.61 Å². The molecule has 1 aromatic carbocycles. The number of fused-ring (bicyclic) bond motifs is 1. The Bertz CT molecular complexity index is 555. The summed E-state index contributed by atoms with van der Waals surface area (Å²) in [4.78, 5) is 35.0. The normalized spacial score (nSPS) is 13.5. The Labute approximate surface area is 108 Å². The summed E-state index contributed by atoms with van der Waals surface area (Å²) >= 11 is 0. The Morgan fingerprint density at radius 2 is 2.21 bits per heavy atom. The van der Waals surface area contributed by atoms with Crippen LogP contribution in [0.1, 0.15) is 10.4 Å². The highest BCUT2D eigenvalue weighted by Crippen LogP contribution is 2.32. The number of benzene rings is 1. The van der Waals surface area contributed by atoms with Crippen LogP contribution in [0.15, 0.2) is 18.2 Å². The lowest BCUT2D eigenvalue weighted by Gasteiger charge is -2.28. The summed E-state index contributed by atoms with van der Waals surface area (Å²) in [6.07, 6.45) is 0. The molecule has 0 atom stereocenters. The molecule has 0 saturated carbocycles. The molecule has 0 unspecified atom stereocenters. The Balaban J connectivity index is 2.38. The van der Waals surface area contributed by atoms with Crippen molar-refractivity contribution < 1.29 is 24.2 Å². The number of ether oxygens (including phenoxy) is 1. The topological polar surface area (TPSA) is 95.9 Å². The molecule has 1 aliphatic heterocycles. The highest BCUT2D eigenvalue weighted by atomic mass is 16.5. The number of amides is 2. The van der Waals surface area contributed by atoms with E-state index in [0.29, 0.717) is 17.0 Å². The number of hydrogen-bond donors (Lipinski definition) is 2. The zero-order valence-electron chi connectivity index (χ0n) is 10.2. The molecule has 0 bridgehead atoms. The fraction of sp³-hybridized carbons (Fsp3) is 0.250. The highest BCUT2D eigenvalue weighted by Gasteiger charge is 2.27. The Morgan fingerprint density at radius 1 is 1.47 bits per heavy atom. The summed E-state index contributed by atoms with van der Waals surface area (Å²) < 4.78 is 5.22. The summed E-state index contributed by atoms with van der Waals surface area (Å²) in [6.45, 7) is -0.675. The second-order valence-electron chi connectivity index (χ2n) is 3.92. The largest absolute Gasteiger partial charge is 0.482 e. The van der Waals surface area contributed by atoms with Crippen molar-refractivity contribution in [2.45, 2.75) is 0 Å². The first-order chi connectivity index (χ1) is 9.02. The van der Waals surface area contributed by atoms with Gasteiger partial charge in [-0.15, -0.1) is 0 Å². The maximum atomic E-state index is 11.6. The van der Waals surface area contributed by atoms with Crippen molar-refractivity contribution in [3.8, 4) is 5.75 Å². The second kappa shape index (κ2) is 4.97. The first-order valence-electron chi connectivity index (χ1n) is 5.54. The van der Waals surface area contributed by atoms with Crippen LogP contribution < -0.4 is 15.0 Å². The van der Waals surface area contributed by atoms with Gasteiger partial charge in [-0.05, 0) is 18.2 Å². The molecule has 0 aromatic heterocycles. The van der Waals surface area contributed by atoms with Crippen LogP contribution >= 0.6 is 0 Å². The second-order valence-corrected chi connectivity index (χ2v) is 3.92. The molecule has 0 saturated heterocycles. The van der Waals surface area contributed by atoms with Gasteiger partial charge in [0.25, 0.3) is 11.8 Å². The first-order valence-corrected chi connectivity index (χ1v) is 5.54. The van der Waals surface area contributed by atoms with Gasteiger partial charge in [-0.3, -0.25) is 19.3 Å². The summed E-state index contributed by atoms with van der Waals surface area (Å²) in [5.74, 6) is -1.51. The summed E-state index contributed by atoms with van der Waals surface area (Å²) in [5.41, 5.74) is 0.733. The van der Waals surface area contributed by atoms with E-state index < -0.39 is 18.4 Å². The zero-order valence-corrected chi connectivity index (χ0v) is 10.2. The van der Waals surface area contributed by atoms with Crippen LogP contribution in [0.2, 0.25) is 0 Å². The number of rotatable bonds is 3. The standard InChI is InChI=1S/C12H12N2O5/c1-13-12(18)7-2-3-8-9(4-7)19-6-10(15)14(8)5-11(16)17/h2-4H,5-6H2,1H3,(H,13,18)(H,16,17). The van der Waals surface area contributed by atoms with E-state index in [1.807, 2.05) is 0 Å². The van der Waals surface area contributed by atoms with Crippen molar-refractivity contribution in [1.82, 2.24) is 5.32 Å². The molecule has 0 aliphatic carbocycles. The van der Waals surface area contributed by atoms with Crippen molar-refractivity contribution in [3.05, 3.63) is 23.8 Å². The molecule has 0 fully saturated rings. The smallest absolute Gasteiger partial charge is 0.323 e. The Hall–Kier alpha value is -2.57. The lowest BCUT2D eigenvalue weighted by atomic mass is 10.1. The summed E-state index contributed by atoms with van der Waals surface area (Å²) in [5, 5.41) is 11.3. The summed E-state index contributed by atoms with van der Waals surface area (Å²) in [7, 11) is 1.50. The SMILES string of the molecule is CNC(=O)c1ccc2c(c1)OCC(=O)N2CC(=O)O. The van der Waals surface area contributed by atoms with Gasteiger partial charge < -0.3 is 15.2 Å². The lowest BCUT2D eigenvalue weighted by molar-refractivity contribution is -0.137. The molecule has 1 heterocycles. The van der Waals surface area contributed by atoms with Crippen LogP contribution in [-0.2, 0) is 9.59 Å². The van der Waals surface area contributed by atoms with E-state index in [4.69, 9.17) is 9.84 Å². The molecule has 2 N–H and O–H groups in total. The third-order valence-electron chi connectivity index (χ3n) is 2.69. The molecule has 0 spiro atoms. The highest BCUT2D eigenvalue weighted by molar-refractivity contribution is 6.02. The molecule has 7 nitrogen and oxygen atoms in total. The number of carbonyl (C=O) groups is 3. The van der Waals surface area contributed by atoms with Gasteiger partial charge in [0, 0.05) is 12.6 Å². The maximum absolute atomic E-state index is 11.6. The maximum Gasteiger partial charge on any atom is 0.323 e. The summed E-state index contributed by atoms with van der Waals surface area (Å²) in [6, 6.07) is 4.49. The van der Waals surface area contributed by atoms with Crippen LogP contribution in [0.5, 0.6) is 5.75 Å². The van der Waals surface area contributed by atoms with Crippen molar-refractivity contribution in [2.24, 2.45) is 0 Å². The van der Waals surface area contributed by atoms with Gasteiger partial charge in [-0.1, -0.05) is 0 Å². The molecule has 1 aromatic rings. The van der Waals surface area contributed by atoms with Gasteiger partial charge >= 0.3 is 5.97 Å². The average molecular weight is 264 g/mol. The fourth-order valence-electron chi connectivity index (χ4n) is 1.80. The predicted molar refractivity (Wildman–Crippen MR) is 65.3 cm³/mol. The minimum atomic E-state index is -1.11. The van der Waals surface area contributed by atoms with Gasteiger partial charge in [0.05, 0.1) is 5.69 Å². The number of carboxylic acids is 1. The molecule has 2 amide bonds. The number of carbonyl (C=O) groups excluding carboxylic acids is 2. The predicted octanol–water partition coefficient (Wildman–Crippen LogP) is -0.144. The van der Waals surface area contributed by atoms with Gasteiger partial charge in [-0.2, -0.15) is 0 Å². The van der Waals surface area contributed by atoms with Crippen molar-refractivity contribution in [3.63, 3.8) is 0 Å². The number of carboxylic acid groups (broad SMARTS) is 1. The van der Waals surface area contributed by atoms with Gasteiger partial charge in [0.1, 0.15) is 12.3 Å². The van der Waals surface area contributed by atoms with Crippen LogP contribution in [0.4, 0.5) is 5.69 Å². The number of aliphatic carboxylic acids is 1. The van der Waals surface area contributed by atoms with Crippen molar-refractivity contribution in [1.29, 1.82) is 0 Å². The van der Waals surface area contributed by atoms with Crippen LogP contribution in [0.3, 0.4) is 0 Å². The number of nitrogens with zero attached hydrogens (tertiary/aromatic N) is 1. The van der Waals surface area contributed by atoms with Crippen molar-refractivity contribution in [2.75, 3.05) is 25.1 Å². The molecular weight excluding hydrogens is 252 g/mol. The third kappa shape index (κ3) is 2.49. The first kappa shape index (κ1) is 12.9. The third-order valence-corrected chi connectivity index (χ3v) is 2.69. The molecular formula is C12H12N2O5. The minimum absolute atomic E-state index is 0.239. The van der Waals surface area contributed by atoms with E-state index in [1.165, 1.54) is 25.2 Å². The zero-order chi connectivity index (χ0) is 14.0. The molecule has 19 heavy (non-hydrogen) atoms. The number of nitrogens with one attached hydrogen (secondary N) is 1. The number of hydrogen-bond acceptors (Lipinski definition) is 4. The molecule has 2 rings (SSSR count). The minimum Gasteiger partial charge on any atom is -0.482 e. The average Bonchev–Trinajstić information content (AvgIpc) is 2.40. The van der Waals surface area contributed by atoms with E-state index in [-0.39, 0.29) is 12.5 Å². The van der Waals surface area contributed by atoms with E-state index in [2.05, 4.69) is 5.32 Å². The van der Waals surface area contributed by atoms with Crippen LogP contribution in [-0.4, -0.2) is 43.1 Å². The molecule has 1 aliphatic rings. The van der Waals surface area contributed by atoms with Crippen LogP contribution in [0.25, 0.3) is 0 Å². The molecule has 7 heteroatoms. The quantitative estimate of drug-likeness (QED) is 0.792. The molecule has 100 valence electrons. The Kier molecular flexibility index (Phi) is 3.37. The fourth-order valence-corrected chi connectivity index (χ4v) is 1.80. The van der Waals surface area contributed by atoms with Crippen molar-refractivity contribution >= 4 is 23.5 Å². The molecule has 0 radical (unpaired) electrons. The van der Waals surface area contributed by atoms with E-state index in [0.717, 1.165) is 4.90 Å². The lowest BCUT2D eigenvalue weighted by Crippen LogP contribution is -2.42. The van der Waals surface area contributed by atoms with E-state index in [1.54, 1.807) is 0 Å². The van der Waals surface area contributed by atoms with Crippen LogP contribution in [0, 0.1) is 0 Å². The van der Waals surface area contributed by atoms with Gasteiger partial charge in [0.2, 0.25) is 0 Å². The monoisotopic (exact) mass is 264 g/mol. The van der Waals surface area contributed by atoms with Gasteiger partial charge in [-0.25, -0.2) is 0 Å². The van der Waals surface area contributed by atoms with E-state index in [9.17, 15) is 14.4 Å². The van der Waals surface area contributed by atoms with E-state index >= 15 is 0 Å². The number of anilines is 1. The Morgan fingerprint density at radius 3 is 2.84 bits per heavy atom.